The minimum absolute atomic E-state index is 0.0692. The first kappa shape index (κ1) is 15.6. The molecule has 0 radical (unpaired) electrons. The number of ether oxygens (including phenoxy) is 1. The summed E-state index contributed by atoms with van der Waals surface area (Å²) in [5.74, 6) is -0.571. The van der Waals surface area contributed by atoms with Crippen LogP contribution in [0.1, 0.15) is 28.4 Å². The van der Waals surface area contributed by atoms with Gasteiger partial charge in [0, 0.05) is 11.0 Å². The molecule has 2 aromatic rings. The van der Waals surface area contributed by atoms with E-state index in [9.17, 15) is 18.0 Å². The van der Waals surface area contributed by atoms with Crippen LogP contribution in [0.5, 0.6) is 0 Å². The molecule has 7 heteroatoms. The number of carbonyl (C=O) groups is 1. The number of pyridine rings is 1. The van der Waals surface area contributed by atoms with Gasteiger partial charge in [-0.05, 0) is 25.5 Å². The van der Waals surface area contributed by atoms with E-state index in [4.69, 9.17) is 4.74 Å². The van der Waals surface area contributed by atoms with Gasteiger partial charge in [-0.3, -0.25) is 0 Å². The second-order valence-electron chi connectivity index (χ2n) is 4.48. The third-order valence-corrected chi connectivity index (χ3v) is 3.53. The molecule has 0 fully saturated rings. The van der Waals surface area contributed by atoms with Crippen molar-refractivity contribution in [2.24, 2.45) is 0 Å². The van der Waals surface area contributed by atoms with Crippen LogP contribution in [0.2, 0.25) is 0 Å². The molecule has 2 rings (SSSR count). The Morgan fingerprint density at radius 2 is 2.05 bits per heavy atom. The molecular formula is C14H13F3NO2S+. The van der Waals surface area contributed by atoms with Crippen molar-refractivity contribution < 1.29 is 27.7 Å². The van der Waals surface area contributed by atoms with Gasteiger partial charge in [-0.25, -0.2) is 9.78 Å². The molecule has 0 spiro atoms. The topological polar surface area (TPSA) is 40.4 Å². The molecule has 1 aromatic carbocycles. The number of thiol groups is 1. The Hall–Kier alpha value is -1.76. The van der Waals surface area contributed by atoms with Gasteiger partial charge in [-0.1, -0.05) is 0 Å². The molecule has 0 aliphatic heterocycles. The molecule has 0 aliphatic carbocycles. The Morgan fingerprint density at radius 1 is 1.38 bits per heavy atom. The Morgan fingerprint density at radius 3 is 2.62 bits per heavy atom. The average molecular weight is 316 g/mol. The fraction of sp³-hybridized carbons (Fsp3) is 0.286. The lowest BCUT2D eigenvalue weighted by Gasteiger charge is -2.11. The van der Waals surface area contributed by atoms with Crippen molar-refractivity contribution in [3.05, 3.63) is 35.0 Å². The standard InChI is InChI=1S/C14H12F3NO2S/c1-3-20-13(19)9-6-18-11-5-10(14(15,16)17)7(2)4-8(11)12(9)21/h4-6H,3H2,1-2H3,(H,18,21)/p+1. The molecule has 0 aliphatic rings. The molecule has 0 saturated carbocycles. The van der Waals surface area contributed by atoms with E-state index in [1.54, 1.807) is 6.92 Å². The van der Waals surface area contributed by atoms with Gasteiger partial charge in [0.1, 0.15) is 5.56 Å². The zero-order valence-corrected chi connectivity index (χ0v) is 12.2. The molecule has 0 amide bonds. The molecule has 1 N–H and O–H groups in total. The molecule has 1 heterocycles. The number of H-pyrrole nitrogens is 1. The number of hydrogen-bond donors (Lipinski definition) is 1. The number of aryl methyl sites for hydroxylation is 1. The van der Waals surface area contributed by atoms with Crippen LogP contribution in [0.25, 0.3) is 10.9 Å². The van der Waals surface area contributed by atoms with Crippen LogP contribution in [0.15, 0.2) is 23.2 Å². The maximum Gasteiger partial charge on any atom is 0.416 e. The highest BCUT2D eigenvalue weighted by Crippen LogP contribution is 2.35. The first-order valence-electron chi connectivity index (χ1n) is 6.18. The van der Waals surface area contributed by atoms with Crippen molar-refractivity contribution in [1.29, 1.82) is 0 Å². The molecule has 0 saturated heterocycles. The first-order valence-corrected chi connectivity index (χ1v) is 6.62. The van der Waals surface area contributed by atoms with E-state index in [2.05, 4.69) is 17.6 Å². The van der Waals surface area contributed by atoms with Crippen LogP contribution < -0.4 is 4.98 Å². The van der Waals surface area contributed by atoms with Crippen molar-refractivity contribution in [2.45, 2.75) is 24.9 Å². The number of aromatic nitrogens is 1. The second-order valence-corrected chi connectivity index (χ2v) is 4.93. The lowest BCUT2D eigenvalue weighted by Crippen LogP contribution is -2.15. The van der Waals surface area contributed by atoms with Gasteiger partial charge in [0.15, 0.2) is 6.20 Å². The number of halogens is 3. The van der Waals surface area contributed by atoms with E-state index in [-0.39, 0.29) is 23.3 Å². The lowest BCUT2D eigenvalue weighted by atomic mass is 10.0. The van der Waals surface area contributed by atoms with Crippen LogP contribution in [-0.2, 0) is 10.9 Å². The minimum atomic E-state index is -4.43. The number of fused-ring (bicyclic) bond motifs is 1. The Kier molecular flexibility index (Phi) is 4.13. The van der Waals surface area contributed by atoms with E-state index < -0.39 is 17.7 Å². The van der Waals surface area contributed by atoms with Gasteiger partial charge in [-0.15, -0.1) is 12.6 Å². The Bertz CT molecular complexity index is 713. The van der Waals surface area contributed by atoms with E-state index in [1.165, 1.54) is 19.2 Å². The highest BCUT2D eigenvalue weighted by Gasteiger charge is 2.34. The maximum absolute atomic E-state index is 12.9. The molecule has 112 valence electrons. The summed E-state index contributed by atoms with van der Waals surface area (Å²) in [5, 5.41) is 0.439. The summed E-state index contributed by atoms with van der Waals surface area (Å²) < 4.78 is 43.5. The third-order valence-electron chi connectivity index (χ3n) is 3.05. The van der Waals surface area contributed by atoms with Crippen molar-refractivity contribution in [2.75, 3.05) is 6.61 Å². The second kappa shape index (κ2) is 5.55. The number of benzene rings is 1. The monoisotopic (exact) mass is 316 g/mol. The highest BCUT2D eigenvalue weighted by molar-refractivity contribution is 7.80. The number of esters is 1. The molecule has 0 bridgehead atoms. The highest BCUT2D eigenvalue weighted by atomic mass is 32.1. The van der Waals surface area contributed by atoms with Crippen molar-refractivity contribution in [3.63, 3.8) is 0 Å². The van der Waals surface area contributed by atoms with Crippen LogP contribution in [-0.4, -0.2) is 12.6 Å². The van der Waals surface area contributed by atoms with Crippen molar-refractivity contribution in [1.82, 2.24) is 0 Å². The zero-order valence-electron chi connectivity index (χ0n) is 11.3. The summed E-state index contributed by atoms with van der Waals surface area (Å²) in [5.41, 5.74) is -0.208. The molecular weight excluding hydrogens is 303 g/mol. The van der Waals surface area contributed by atoms with Gasteiger partial charge in [-0.2, -0.15) is 13.2 Å². The summed E-state index contributed by atoms with van der Waals surface area (Å²) in [6, 6.07) is 2.37. The summed E-state index contributed by atoms with van der Waals surface area (Å²) in [4.78, 5) is 14.7. The minimum Gasteiger partial charge on any atom is -0.462 e. The number of alkyl halides is 3. The summed E-state index contributed by atoms with van der Waals surface area (Å²) in [6.45, 7) is 3.24. The van der Waals surface area contributed by atoms with Gasteiger partial charge in [0.2, 0.25) is 5.52 Å². The number of hydrogen-bond acceptors (Lipinski definition) is 3. The summed E-state index contributed by atoms with van der Waals surface area (Å²) in [6.07, 6.45) is -3.12. The molecule has 21 heavy (non-hydrogen) atoms. The number of carbonyl (C=O) groups excluding carboxylic acids is 1. The van der Waals surface area contributed by atoms with Gasteiger partial charge < -0.3 is 4.74 Å². The number of rotatable bonds is 2. The molecule has 0 atom stereocenters. The molecule has 3 nitrogen and oxygen atoms in total. The van der Waals surface area contributed by atoms with Crippen LogP contribution >= 0.6 is 12.6 Å². The Labute approximate surface area is 124 Å². The molecule has 1 aromatic heterocycles. The zero-order chi connectivity index (χ0) is 15.8. The first-order chi connectivity index (χ1) is 9.75. The maximum atomic E-state index is 12.9. The van der Waals surface area contributed by atoms with Crippen molar-refractivity contribution >= 4 is 29.5 Å². The fourth-order valence-corrected chi connectivity index (χ4v) is 2.40. The number of aromatic amines is 1. The average Bonchev–Trinajstić information content (AvgIpc) is 2.38. The summed E-state index contributed by atoms with van der Waals surface area (Å²) >= 11 is 4.25. The SMILES string of the molecule is CCOC(=O)c1c[nH+]c2cc(C(F)(F)F)c(C)cc2c1S. The largest absolute Gasteiger partial charge is 0.462 e. The van der Waals surface area contributed by atoms with E-state index >= 15 is 0 Å². The Balaban J connectivity index is 2.65. The number of nitrogens with one attached hydrogen (secondary N) is 1. The lowest BCUT2D eigenvalue weighted by molar-refractivity contribution is -0.345. The van der Waals surface area contributed by atoms with Crippen LogP contribution in [0, 0.1) is 6.92 Å². The smallest absolute Gasteiger partial charge is 0.416 e. The van der Waals surface area contributed by atoms with Crippen molar-refractivity contribution in [3.8, 4) is 0 Å². The fourth-order valence-electron chi connectivity index (χ4n) is 2.06. The van der Waals surface area contributed by atoms with Gasteiger partial charge >= 0.3 is 12.1 Å². The quantitative estimate of drug-likeness (QED) is 0.681. The van der Waals surface area contributed by atoms with E-state index in [0.717, 1.165) is 6.07 Å². The van der Waals surface area contributed by atoms with Gasteiger partial charge in [0.05, 0.1) is 17.6 Å². The van der Waals surface area contributed by atoms with E-state index in [0.29, 0.717) is 10.3 Å². The van der Waals surface area contributed by atoms with E-state index in [1.807, 2.05) is 0 Å². The normalized spacial score (nSPS) is 11.7. The third kappa shape index (κ3) is 2.97. The summed E-state index contributed by atoms with van der Waals surface area (Å²) in [7, 11) is 0. The molecule has 0 unspecified atom stereocenters. The van der Waals surface area contributed by atoms with Crippen LogP contribution in [0.4, 0.5) is 13.2 Å². The predicted octanol–water partition coefficient (Wildman–Crippen LogP) is 3.45. The van der Waals surface area contributed by atoms with Gasteiger partial charge in [0.25, 0.3) is 0 Å². The predicted molar refractivity (Wildman–Crippen MR) is 73.5 cm³/mol. The van der Waals surface area contributed by atoms with Crippen LogP contribution in [0.3, 0.4) is 0 Å².